The van der Waals surface area contributed by atoms with Gasteiger partial charge in [-0.3, -0.25) is 14.3 Å². The number of hydrogen-bond donors (Lipinski definition) is 1. The van der Waals surface area contributed by atoms with Gasteiger partial charge in [-0.25, -0.2) is 0 Å². The monoisotopic (exact) mass is 237 g/mol. The van der Waals surface area contributed by atoms with E-state index in [4.69, 9.17) is 5.73 Å². The van der Waals surface area contributed by atoms with Crippen molar-refractivity contribution in [2.75, 3.05) is 32.4 Å². The number of anilines is 1. The van der Waals surface area contributed by atoms with E-state index < -0.39 is 0 Å². The maximum absolute atomic E-state index is 11.9. The first-order chi connectivity index (χ1) is 8.06. The molecule has 1 fully saturated rings. The lowest BCUT2D eigenvalue weighted by Gasteiger charge is -2.31. The highest BCUT2D eigenvalue weighted by molar-refractivity contribution is 5.85. The summed E-state index contributed by atoms with van der Waals surface area (Å²) in [5.74, 6) is 0.228. The summed E-state index contributed by atoms with van der Waals surface area (Å²) in [6, 6.07) is 1.63. The van der Waals surface area contributed by atoms with E-state index in [9.17, 15) is 9.59 Å². The predicted octanol–water partition coefficient (Wildman–Crippen LogP) is -1.23. The molecule has 1 aromatic rings. The molecule has 0 spiro atoms. The minimum atomic E-state index is -0.116. The summed E-state index contributed by atoms with van der Waals surface area (Å²) in [6.07, 6.45) is 1.64. The first-order valence-corrected chi connectivity index (χ1v) is 5.37. The molecule has 0 saturated carbocycles. The Hall–Kier alpha value is -2.05. The Balaban J connectivity index is 1.94. The Labute approximate surface area is 98.8 Å². The predicted molar refractivity (Wildman–Crippen MR) is 60.9 cm³/mol. The van der Waals surface area contributed by atoms with Gasteiger partial charge >= 0.3 is 0 Å². The van der Waals surface area contributed by atoms with Crippen LogP contribution in [0.25, 0.3) is 0 Å². The van der Waals surface area contributed by atoms with E-state index in [0.29, 0.717) is 18.9 Å². The average molecular weight is 237 g/mol. The van der Waals surface area contributed by atoms with E-state index in [-0.39, 0.29) is 24.9 Å². The smallest absolute Gasteiger partial charge is 0.244 e. The van der Waals surface area contributed by atoms with Crippen LogP contribution in [0.2, 0.25) is 0 Å². The van der Waals surface area contributed by atoms with Crippen LogP contribution in [0.3, 0.4) is 0 Å². The second-order valence-electron chi connectivity index (χ2n) is 4.07. The van der Waals surface area contributed by atoms with Crippen molar-refractivity contribution >= 4 is 17.6 Å². The molecule has 2 amide bonds. The summed E-state index contributed by atoms with van der Waals surface area (Å²) >= 11 is 0. The highest BCUT2D eigenvalue weighted by Crippen LogP contribution is 2.03. The molecule has 92 valence electrons. The number of nitrogen functional groups attached to an aromatic ring is 1. The van der Waals surface area contributed by atoms with Crippen LogP contribution >= 0.6 is 0 Å². The molecule has 1 aromatic heterocycles. The molecule has 0 aliphatic carbocycles. The number of carbonyl (C=O) groups excluding carboxylic acids is 2. The molecule has 0 unspecified atom stereocenters. The third-order valence-electron chi connectivity index (χ3n) is 2.77. The van der Waals surface area contributed by atoms with Crippen LogP contribution in [0.4, 0.5) is 5.82 Å². The molecule has 17 heavy (non-hydrogen) atoms. The van der Waals surface area contributed by atoms with Crippen LogP contribution in [0, 0.1) is 0 Å². The van der Waals surface area contributed by atoms with Crippen LogP contribution in [0.15, 0.2) is 12.3 Å². The number of nitrogens with zero attached hydrogens (tertiary/aromatic N) is 4. The van der Waals surface area contributed by atoms with Gasteiger partial charge in [-0.15, -0.1) is 0 Å². The van der Waals surface area contributed by atoms with Gasteiger partial charge in [-0.2, -0.15) is 5.10 Å². The first-order valence-electron chi connectivity index (χ1n) is 5.37. The zero-order valence-corrected chi connectivity index (χ0v) is 9.67. The van der Waals surface area contributed by atoms with Crippen LogP contribution in [0.5, 0.6) is 0 Å². The molecule has 0 aromatic carbocycles. The van der Waals surface area contributed by atoms with Crippen molar-refractivity contribution in [1.82, 2.24) is 19.6 Å². The largest absolute Gasteiger partial charge is 0.382 e. The summed E-state index contributed by atoms with van der Waals surface area (Å²) in [5.41, 5.74) is 5.46. The Morgan fingerprint density at radius 1 is 1.53 bits per heavy atom. The third-order valence-corrected chi connectivity index (χ3v) is 2.77. The van der Waals surface area contributed by atoms with Gasteiger partial charge in [-0.1, -0.05) is 0 Å². The third kappa shape index (κ3) is 2.55. The zero-order chi connectivity index (χ0) is 12.4. The Morgan fingerprint density at radius 3 is 2.88 bits per heavy atom. The molecule has 2 N–H and O–H groups in total. The quantitative estimate of drug-likeness (QED) is 0.697. The van der Waals surface area contributed by atoms with Gasteiger partial charge in [0.25, 0.3) is 0 Å². The van der Waals surface area contributed by atoms with Crippen molar-refractivity contribution in [3.05, 3.63) is 12.3 Å². The van der Waals surface area contributed by atoms with Gasteiger partial charge in [0.05, 0.1) is 6.54 Å². The lowest BCUT2D eigenvalue weighted by Crippen LogP contribution is -2.51. The van der Waals surface area contributed by atoms with Crippen molar-refractivity contribution < 1.29 is 9.59 Å². The molecule has 1 aliphatic heterocycles. The number of rotatable bonds is 2. The normalized spacial score (nSPS) is 16.4. The van der Waals surface area contributed by atoms with Crippen LogP contribution in [-0.2, 0) is 16.1 Å². The lowest BCUT2D eigenvalue weighted by molar-refractivity contribution is -0.144. The minimum Gasteiger partial charge on any atom is -0.382 e. The molecule has 7 heteroatoms. The van der Waals surface area contributed by atoms with E-state index >= 15 is 0 Å². The maximum Gasteiger partial charge on any atom is 0.244 e. The topological polar surface area (TPSA) is 84.5 Å². The fourth-order valence-electron chi connectivity index (χ4n) is 1.68. The Kier molecular flexibility index (Phi) is 2.99. The first kappa shape index (κ1) is 11.4. The number of likely N-dealkylation sites (N-methyl/N-ethyl adjacent to an activating group) is 1. The molecular formula is C10H15N5O2. The van der Waals surface area contributed by atoms with Gasteiger partial charge in [0, 0.05) is 26.3 Å². The summed E-state index contributed by atoms with van der Waals surface area (Å²) in [5, 5.41) is 3.93. The fraction of sp³-hybridized carbons (Fsp3) is 0.500. The molecule has 0 atom stereocenters. The number of piperazine rings is 1. The van der Waals surface area contributed by atoms with Gasteiger partial charge in [-0.05, 0) is 6.07 Å². The van der Waals surface area contributed by atoms with Gasteiger partial charge in [0.2, 0.25) is 11.8 Å². The van der Waals surface area contributed by atoms with E-state index in [2.05, 4.69) is 5.10 Å². The molecule has 0 radical (unpaired) electrons. The van der Waals surface area contributed by atoms with E-state index in [1.54, 1.807) is 29.1 Å². The zero-order valence-electron chi connectivity index (χ0n) is 9.67. The van der Waals surface area contributed by atoms with Crippen molar-refractivity contribution in [3.8, 4) is 0 Å². The van der Waals surface area contributed by atoms with E-state index in [1.165, 1.54) is 4.68 Å². The van der Waals surface area contributed by atoms with Crippen molar-refractivity contribution in [3.63, 3.8) is 0 Å². The summed E-state index contributed by atoms with van der Waals surface area (Å²) < 4.78 is 1.47. The van der Waals surface area contributed by atoms with Crippen LogP contribution < -0.4 is 5.73 Å². The van der Waals surface area contributed by atoms with E-state index in [1.807, 2.05) is 0 Å². The number of hydrogen-bond acceptors (Lipinski definition) is 4. The summed E-state index contributed by atoms with van der Waals surface area (Å²) in [4.78, 5) is 26.5. The van der Waals surface area contributed by atoms with Crippen LogP contribution in [0.1, 0.15) is 0 Å². The molecular weight excluding hydrogens is 222 g/mol. The summed E-state index contributed by atoms with van der Waals surface area (Å²) in [6.45, 7) is 1.41. The number of aromatic nitrogens is 2. The molecule has 2 heterocycles. The molecule has 1 saturated heterocycles. The highest BCUT2D eigenvalue weighted by atomic mass is 16.2. The molecule has 7 nitrogen and oxygen atoms in total. The highest BCUT2D eigenvalue weighted by Gasteiger charge is 2.24. The standard InChI is InChI=1S/C10H15N5O2/c1-13-4-5-14(6-9(13)16)10(17)7-15-3-2-8(11)12-15/h2-3H,4-7H2,1H3,(H2,11,12). The number of amides is 2. The Bertz CT molecular complexity index is 442. The maximum atomic E-state index is 11.9. The molecule has 1 aliphatic rings. The van der Waals surface area contributed by atoms with Gasteiger partial charge in [0.15, 0.2) is 0 Å². The SMILES string of the molecule is CN1CCN(C(=O)Cn2ccc(N)n2)CC1=O. The summed E-state index contributed by atoms with van der Waals surface area (Å²) in [7, 11) is 1.73. The van der Waals surface area contributed by atoms with Crippen molar-refractivity contribution in [2.24, 2.45) is 0 Å². The van der Waals surface area contributed by atoms with E-state index in [0.717, 1.165) is 0 Å². The molecule has 2 rings (SSSR count). The lowest BCUT2D eigenvalue weighted by atomic mass is 10.3. The number of carbonyl (C=O) groups is 2. The fourth-order valence-corrected chi connectivity index (χ4v) is 1.68. The van der Waals surface area contributed by atoms with Crippen molar-refractivity contribution in [1.29, 1.82) is 0 Å². The second kappa shape index (κ2) is 4.44. The van der Waals surface area contributed by atoms with Crippen LogP contribution in [-0.4, -0.2) is 58.1 Å². The number of nitrogens with two attached hydrogens (primary N) is 1. The molecule has 0 bridgehead atoms. The second-order valence-corrected chi connectivity index (χ2v) is 4.07. The minimum absolute atomic E-state index is 0.0374. The van der Waals surface area contributed by atoms with Crippen molar-refractivity contribution in [2.45, 2.75) is 6.54 Å². The Morgan fingerprint density at radius 2 is 2.29 bits per heavy atom. The van der Waals surface area contributed by atoms with Gasteiger partial charge < -0.3 is 15.5 Å². The average Bonchev–Trinajstić information content (AvgIpc) is 2.68. The van der Waals surface area contributed by atoms with Gasteiger partial charge in [0.1, 0.15) is 12.4 Å².